The number of nitriles is 2. The molecule has 102 valence electrons. The molecule has 3 heteroatoms. The molecule has 0 amide bonds. The fourth-order valence-electron chi connectivity index (χ4n) is 1.85. The predicted molar refractivity (Wildman–Crippen MR) is 81.2 cm³/mol. The minimum Gasteiger partial charge on any atom is -0.489 e. The number of nitrogens with zero attached hydrogens (tertiary/aromatic N) is 2. The van der Waals surface area contributed by atoms with Gasteiger partial charge in [-0.05, 0) is 35.8 Å². The Kier molecular flexibility index (Phi) is 4.75. The van der Waals surface area contributed by atoms with Crippen molar-refractivity contribution in [1.82, 2.24) is 0 Å². The molecule has 0 N–H and O–H groups in total. The molecular weight excluding hydrogens is 260 g/mol. The number of rotatable bonds is 4. The smallest absolute Gasteiger partial charge is 0.130 e. The highest BCUT2D eigenvalue weighted by molar-refractivity contribution is 5.63. The van der Waals surface area contributed by atoms with Gasteiger partial charge in [0.15, 0.2) is 0 Å². The lowest BCUT2D eigenvalue weighted by Crippen LogP contribution is -1.97. The fourth-order valence-corrected chi connectivity index (χ4v) is 1.85. The Morgan fingerprint density at radius 2 is 1.81 bits per heavy atom. The summed E-state index contributed by atoms with van der Waals surface area (Å²) >= 11 is 0. The van der Waals surface area contributed by atoms with Crippen LogP contribution in [-0.2, 0) is 6.61 Å². The second-order valence-electron chi connectivity index (χ2n) is 4.58. The number of hydrogen-bond donors (Lipinski definition) is 0. The maximum Gasteiger partial charge on any atom is 0.130 e. The molecule has 0 bridgehead atoms. The highest BCUT2D eigenvalue weighted by atomic mass is 16.5. The summed E-state index contributed by atoms with van der Waals surface area (Å²) in [5.41, 5.74) is 2.96. The van der Waals surface area contributed by atoms with Crippen molar-refractivity contribution in [2.24, 2.45) is 0 Å². The maximum absolute atomic E-state index is 8.79. The highest BCUT2D eigenvalue weighted by Gasteiger charge is 2.02. The average Bonchev–Trinajstić information content (AvgIpc) is 2.53. The van der Waals surface area contributed by atoms with Gasteiger partial charge in [-0.3, -0.25) is 0 Å². The Morgan fingerprint density at radius 3 is 2.48 bits per heavy atom. The van der Waals surface area contributed by atoms with Crippen LogP contribution in [0.15, 0.2) is 54.1 Å². The molecule has 21 heavy (non-hydrogen) atoms. The van der Waals surface area contributed by atoms with Crippen molar-refractivity contribution < 1.29 is 4.74 Å². The topological polar surface area (TPSA) is 56.8 Å². The third-order valence-electron chi connectivity index (χ3n) is 3.00. The van der Waals surface area contributed by atoms with Crippen LogP contribution in [-0.4, -0.2) is 0 Å². The Hall–Kier alpha value is -3.04. The van der Waals surface area contributed by atoms with E-state index in [9.17, 15) is 0 Å². The molecule has 0 spiro atoms. The largest absolute Gasteiger partial charge is 0.489 e. The molecular formula is C18H14N2O. The first-order valence-corrected chi connectivity index (χ1v) is 6.52. The molecule has 0 fully saturated rings. The van der Waals surface area contributed by atoms with E-state index in [1.54, 1.807) is 6.08 Å². The van der Waals surface area contributed by atoms with Gasteiger partial charge in [-0.1, -0.05) is 42.5 Å². The van der Waals surface area contributed by atoms with Crippen LogP contribution >= 0.6 is 0 Å². The van der Waals surface area contributed by atoms with Crippen molar-refractivity contribution in [3.63, 3.8) is 0 Å². The summed E-state index contributed by atoms with van der Waals surface area (Å²) in [5, 5.41) is 17.6. The van der Waals surface area contributed by atoms with Crippen LogP contribution in [0.1, 0.15) is 16.7 Å². The van der Waals surface area contributed by atoms with Gasteiger partial charge < -0.3 is 4.74 Å². The third-order valence-corrected chi connectivity index (χ3v) is 3.00. The Labute approximate surface area is 124 Å². The average molecular weight is 274 g/mol. The molecule has 0 aromatic heterocycles. The first-order valence-electron chi connectivity index (χ1n) is 6.52. The van der Waals surface area contributed by atoms with E-state index in [2.05, 4.69) is 0 Å². The zero-order valence-corrected chi connectivity index (χ0v) is 11.7. The second kappa shape index (κ2) is 6.93. The van der Waals surface area contributed by atoms with Gasteiger partial charge in [0.2, 0.25) is 0 Å². The van der Waals surface area contributed by atoms with Crippen LogP contribution in [0.25, 0.3) is 6.08 Å². The molecule has 0 heterocycles. The molecule has 2 aromatic rings. The van der Waals surface area contributed by atoms with Gasteiger partial charge in [0.25, 0.3) is 0 Å². The van der Waals surface area contributed by atoms with Gasteiger partial charge in [0.05, 0.1) is 0 Å². The molecule has 0 saturated heterocycles. The van der Waals surface area contributed by atoms with Crippen molar-refractivity contribution >= 4 is 6.08 Å². The Balaban J connectivity index is 2.19. The third kappa shape index (κ3) is 3.96. The lowest BCUT2D eigenvalue weighted by molar-refractivity contribution is 0.304. The van der Waals surface area contributed by atoms with E-state index in [0.717, 1.165) is 22.4 Å². The van der Waals surface area contributed by atoms with E-state index in [0.29, 0.717) is 6.61 Å². The van der Waals surface area contributed by atoms with Crippen LogP contribution in [0.3, 0.4) is 0 Å². The monoisotopic (exact) mass is 274 g/mol. The van der Waals surface area contributed by atoms with E-state index in [4.69, 9.17) is 15.3 Å². The van der Waals surface area contributed by atoms with Crippen molar-refractivity contribution in [1.29, 1.82) is 10.5 Å². The number of allylic oxidation sites excluding steroid dienone is 1. The van der Waals surface area contributed by atoms with Crippen molar-refractivity contribution in [2.45, 2.75) is 13.5 Å². The molecule has 3 nitrogen and oxygen atoms in total. The van der Waals surface area contributed by atoms with E-state index in [1.165, 1.54) is 0 Å². The van der Waals surface area contributed by atoms with Gasteiger partial charge >= 0.3 is 0 Å². The summed E-state index contributed by atoms with van der Waals surface area (Å²) in [6.07, 6.45) is 1.55. The summed E-state index contributed by atoms with van der Waals surface area (Å²) in [5.74, 6) is 0.753. The standard InChI is InChI=1S/C18H14N2O/c1-14-7-8-16(9-17(11-19)12-20)10-18(14)21-13-15-5-3-2-4-6-15/h2-10H,13H2,1H3. The SMILES string of the molecule is Cc1ccc(C=C(C#N)C#N)cc1OCc1ccccc1. The Bertz CT molecular complexity index is 718. The van der Waals surface area contributed by atoms with Gasteiger partial charge in [0, 0.05) is 0 Å². The molecule has 0 radical (unpaired) electrons. The molecule has 0 unspecified atom stereocenters. The quantitative estimate of drug-likeness (QED) is 0.792. The van der Waals surface area contributed by atoms with Crippen molar-refractivity contribution in [3.05, 3.63) is 70.8 Å². The van der Waals surface area contributed by atoms with Crippen LogP contribution < -0.4 is 4.74 Å². The van der Waals surface area contributed by atoms with Gasteiger partial charge in [0.1, 0.15) is 30.1 Å². The first-order chi connectivity index (χ1) is 10.2. The number of hydrogen-bond acceptors (Lipinski definition) is 3. The second-order valence-corrected chi connectivity index (χ2v) is 4.58. The zero-order valence-electron chi connectivity index (χ0n) is 11.7. The molecule has 0 saturated carbocycles. The molecule has 0 aliphatic rings. The highest BCUT2D eigenvalue weighted by Crippen LogP contribution is 2.22. The van der Waals surface area contributed by atoms with Gasteiger partial charge in [-0.15, -0.1) is 0 Å². The molecule has 0 aliphatic carbocycles. The van der Waals surface area contributed by atoms with E-state index in [1.807, 2.05) is 67.6 Å². The van der Waals surface area contributed by atoms with Crippen LogP contribution in [0.2, 0.25) is 0 Å². The fraction of sp³-hybridized carbons (Fsp3) is 0.111. The summed E-state index contributed by atoms with van der Waals surface area (Å²) in [7, 11) is 0. The normalized spacial score (nSPS) is 9.29. The summed E-state index contributed by atoms with van der Waals surface area (Å²) in [6.45, 7) is 2.45. The lowest BCUT2D eigenvalue weighted by Gasteiger charge is -2.10. The number of benzene rings is 2. The van der Waals surface area contributed by atoms with E-state index < -0.39 is 0 Å². The molecule has 0 aliphatic heterocycles. The summed E-state index contributed by atoms with van der Waals surface area (Å²) < 4.78 is 5.82. The minimum absolute atomic E-state index is 0.0767. The van der Waals surface area contributed by atoms with Crippen LogP contribution in [0.5, 0.6) is 5.75 Å². The molecule has 2 aromatic carbocycles. The maximum atomic E-state index is 8.79. The van der Waals surface area contributed by atoms with Crippen molar-refractivity contribution in [2.75, 3.05) is 0 Å². The van der Waals surface area contributed by atoms with E-state index in [-0.39, 0.29) is 5.57 Å². The predicted octanol–water partition coefficient (Wildman–Crippen LogP) is 4.00. The number of ether oxygens (including phenoxy) is 1. The summed E-state index contributed by atoms with van der Waals surface area (Å²) in [6, 6.07) is 19.2. The van der Waals surface area contributed by atoms with Crippen molar-refractivity contribution in [3.8, 4) is 17.9 Å². The molecule has 0 atom stereocenters. The van der Waals surface area contributed by atoms with Gasteiger partial charge in [-0.2, -0.15) is 10.5 Å². The lowest BCUT2D eigenvalue weighted by atomic mass is 10.1. The minimum atomic E-state index is 0.0767. The van der Waals surface area contributed by atoms with Crippen LogP contribution in [0, 0.1) is 29.6 Å². The van der Waals surface area contributed by atoms with E-state index >= 15 is 0 Å². The zero-order chi connectivity index (χ0) is 15.1. The summed E-state index contributed by atoms with van der Waals surface area (Å²) in [4.78, 5) is 0. The Morgan fingerprint density at radius 1 is 1.10 bits per heavy atom. The van der Waals surface area contributed by atoms with Crippen LogP contribution in [0.4, 0.5) is 0 Å². The molecule has 2 rings (SSSR count). The van der Waals surface area contributed by atoms with Gasteiger partial charge in [-0.25, -0.2) is 0 Å². The first kappa shape index (κ1) is 14.4. The number of aryl methyl sites for hydroxylation is 1.